The van der Waals surface area contributed by atoms with Crippen LogP contribution in [0.2, 0.25) is 0 Å². The normalized spacial score (nSPS) is 15.5. The van der Waals surface area contributed by atoms with Gasteiger partial charge in [-0.25, -0.2) is 0 Å². The van der Waals surface area contributed by atoms with E-state index in [0.29, 0.717) is 5.41 Å². The first-order chi connectivity index (χ1) is 8.95. The van der Waals surface area contributed by atoms with Crippen molar-refractivity contribution < 1.29 is 4.74 Å². The van der Waals surface area contributed by atoms with Gasteiger partial charge in [-0.3, -0.25) is 0 Å². The highest BCUT2D eigenvalue weighted by Gasteiger charge is 2.30. The lowest BCUT2D eigenvalue weighted by molar-refractivity contribution is 0.00168. The molecular weight excluding hydrogens is 234 g/mol. The van der Waals surface area contributed by atoms with Gasteiger partial charge in [0.05, 0.1) is 5.60 Å². The minimum atomic E-state index is 0.0113. The fraction of sp³-hybridized carbons (Fsp3) is 1.00. The van der Waals surface area contributed by atoms with Crippen LogP contribution in [0.5, 0.6) is 0 Å². The molecule has 1 N–H and O–H groups in total. The van der Waals surface area contributed by atoms with Gasteiger partial charge in [0.15, 0.2) is 0 Å². The van der Waals surface area contributed by atoms with Crippen molar-refractivity contribution in [3.63, 3.8) is 0 Å². The van der Waals surface area contributed by atoms with Crippen molar-refractivity contribution in [1.29, 1.82) is 0 Å². The lowest BCUT2D eigenvalue weighted by atomic mass is 9.74. The van der Waals surface area contributed by atoms with Gasteiger partial charge < -0.3 is 10.1 Å². The van der Waals surface area contributed by atoms with E-state index in [0.717, 1.165) is 19.5 Å². The molecule has 0 aromatic rings. The van der Waals surface area contributed by atoms with Crippen LogP contribution >= 0.6 is 0 Å². The molecule has 2 nitrogen and oxygen atoms in total. The van der Waals surface area contributed by atoms with Gasteiger partial charge >= 0.3 is 0 Å². The summed E-state index contributed by atoms with van der Waals surface area (Å²) in [6.07, 6.45) is 8.88. The van der Waals surface area contributed by atoms with E-state index in [1.165, 1.54) is 38.5 Å². The molecular formula is C17H37NO. The van der Waals surface area contributed by atoms with E-state index < -0.39 is 0 Å². The second-order valence-electron chi connectivity index (χ2n) is 6.60. The zero-order chi connectivity index (χ0) is 14.8. The summed E-state index contributed by atoms with van der Waals surface area (Å²) >= 11 is 0. The van der Waals surface area contributed by atoms with E-state index in [9.17, 15) is 0 Å². The third-order valence-corrected chi connectivity index (χ3v) is 4.55. The van der Waals surface area contributed by atoms with E-state index in [-0.39, 0.29) is 5.60 Å². The average Bonchev–Trinajstić information content (AvgIpc) is 2.42. The van der Waals surface area contributed by atoms with Crippen molar-refractivity contribution in [2.45, 2.75) is 85.2 Å². The molecule has 0 radical (unpaired) electrons. The molecule has 1 atom stereocenters. The van der Waals surface area contributed by atoms with Gasteiger partial charge in [-0.15, -0.1) is 0 Å². The molecule has 0 rings (SSSR count). The fourth-order valence-electron chi connectivity index (χ4n) is 2.53. The first kappa shape index (κ1) is 18.9. The van der Waals surface area contributed by atoms with Crippen LogP contribution < -0.4 is 5.32 Å². The van der Waals surface area contributed by atoms with Gasteiger partial charge in [0, 0.05) is 13.7 Å². The zero-order valence-electron chi connectivity index (χ0n) is 14.3. The largest absolute Gasteiger partial charge is 0.379 e. The van der Waals surface area contributed by atoms with Gasteiger partial charge in [-0.2, -0.15) is 0 Å². The third kappa shape index (κ3) is 7.94. The van der Waals surface area contributed by atoms with Crippen molar-refractivity contribution >= 4 is 0 Å². The summed E-state index contributed by atoms with van der Waals surface area (Å²) in [6, 6.07) is 0. The number of hydrogen-bond donors (Lipinski definition) is 1. The Kier molecular flexibility index (Phi) is 9.72. The predicted octanol–water partition coefficient (Wildman–Crippen LogP) is 4.78. The Morgan fingerprint density at radius 2 is 1.63 bits per heavy atom. The number of methoxy groups -OCH3 is 1. The average molecular weight is 271 g/mol. The second kappa shape index (κ2) is 9.77. The molecule has 0 aliphatic rings. The van der Waals surface area contributed by atoms with Gasteiger partial charge in [0.2, 0.25) is 0 Å². The molecule has 0 aliphatic heterocycles. The Morgan fingerprint density at radius 3 is 2.11 bits per heavy atom. The molecule has 0 saturated heterocycles. The Labute approximate surface area is 121 Å². The van der Waals surface area contributed by atoms with Crippen LogP contribution in [0, 0.1) is 5.41 Å². The van der Waals surface area contributed by atoms with Crippen LogP contribution in [-0.2, 0) is 4.74 Å². The maximum atomic E-state index is 5.59. The minimum absolute atomic E-state index is 0.0113. The highest BCUT2D eigenvalue weighted by Crippen LogP contribution is 2.36. The predicted molar refractivity (Wildman–Crippen MR) is 85.7 cm³/mol. The standard InChI is InChI=1S/C17H37NO/c1-7-10-11-17(9-3,15-18-14-8-2)13-12-16(4,5)19-6/h18H,7-15H2,1-6H3. The summed E-state index contributed by atoms with van der Waals surface area (Å²) in [4.78, 5) is 0. The maximum absolute atomic E-state index is 5.59. The molecule has 0 heterocycles. The SMILES string of the molecule is CCCCC(CC)(CCC(C)(C)OC)CNCCC. The van der Waals surface area contributed by atoms with Crippen LogP contribution in [0.25, 0.3) is 0 Å². The zero-order valence-corrected chi connectivity index (χ0v) is 14.3. The van der Waals surface area contributed by atoms with E-state index in [1.807, 2.05) is 7.11 Å². The molecule has 0 bridgehead atoms. The molecule has 0 fully saturated rings. The number of nitrogens with one attached hydrogen (secondary N) is 1. The lowest BCUT2D eigenvalue weighted by Gasteiger charge is -2.36. The van der Waals surface area contributed by atoms with Crippen LogP contribution in [0.3, 0.4) is 0 Å². The molecule has 1 unspecified atom stereocenters. The second-order valence-corrected chi connectivity index (χ2v) is 6.60. The monoisotopic (exact) mass is 271 g/mol. The molecule has 0 aromatic heterocycles. The van der Waals surface area contributed by atoms with Crippen molar-refractivity contribution in [3.05, 3.63) is 0 Å². The molecule has 0 aromatic carbocycles. The number of hydrogen-bond acceptors (Lipinski definition) is 2. The molecule has 2 heteroatoms. The van der Waals surface area contributed by atoms with Crippen molar-refractivity contribution in [2.75, 3.05) is 20.2 Å². The highest BCUT2D eigenvalue weighted by molar-refractivity contribution is 4.83. The summed E-state index contributed by atoms with van der Waals surface area (Å²) in [7, 11) is 1.83. The number of ether oxygens (including phenoxy) is 1. The van der Waals surface area contributed by atoms with Gasteiger partial charge in [-0.05, 0) is 57.9 Å². The lowest BCUT2D eigenvalue weighted by Crippen LogP contribution is -2.36. The van der Waals surface area contributed by atoms with Crippen LogP contribution in [0.15, 0.2) is 0 Å². The molecule has 0 amide bonds. The molecule has 0 spiro atoms. The van der Waals surface area contributed by atoms with Gasteiger partial charge in [0.1, 0.15) is 0 Å². The van der Waals surface area contributed by atoms with Crippen LogP contribution in [-0.4, -0.2) is 25.8 Å². The minimum Gasteiger partial charge on any atom is -0.379 e. The molecule has 0 saturated carbocycles. The van der Waals surface area contributed by atoms with Crippen LogP contribution in [0.4, 0.5) is 0 Å². The fourth-order valence-corrected chi connectivity index (χ4v) is 2.53. The Hall–Kier alpha value is -0.0800. The maximum Gasteiger partial charge on any atom is 0.0623 e. The smallest absolute Gasteiger partial charge is 0.0623 e. The van der Waals surface area contributed by atoms with Crippen molar-refractivity contribution in [1.82, 2.24) is 5.32 Å². The van der Waals surface area contributed by atoms with Crippen molar-refractivity contribution in [2.24, 2.45) is 5.41 Å². The Morgan fingerprint density at radius 1 is 0.947 bits per heavy atom. The Bertz CT molecular complexity index is 215. The Balaban J connectivity index is 4.51. The first-order valence-electron chi connectivity index (χ1n) is 8.21. The third-order valence-electron chi connectivity index (χ3n) is 4.55. The van der Waals surface area contributed by atoms with E-state index in [1.54, 1.807) is 0 Å². The molecule has 19 heavy (non-hydrogen) atoms. The molecule has 116 valence electrons. The summed E-state index contributed by atoms with van der Waals surface area (Å²) in [5, 5.41) is 3.65. The highest BCUT2D eigenvalue weighted by atomic mass is 16.5. The summed E-state index contributed by atoms with van der Waals surface area (Å²) < 4.78 is 5.59. The molecule has 0 aliphatic carbocycles. The summed E-state index contributed by atoms with van der Waals surface area (Å²) in [6.45, 7) is 13.6. The summed E-state index contributed by atoms with van der Waals surface area (Å²) in [5.74, 6) is 0. The van der Waals surface area contributed by atoms with Crippen molar-refractivity contribution in [3.8, 4) is 0 Å². The number of unbranched alkanes of at least 4 members (excludes halogenated alkanes) is 1. The quantitative estimate of drug-likeness (QED) is 0.516. The van der Waals surface area contributed by atoms with E-state index >= 15 is 0 Å². The van der Waals surface area contributed by atoms with Gasteiger partial charge in [0.25, 0.3) is 0 Å². The number of rotatable bonds is 12. The van der Waals surface area contributed by atoms with Crippen LogP contribution in [0.1, 0.15) is 79.6 Å². The topological polar surface area (TPSA) is 21.3 Å². The van der Waals surface area contributed by atoms with Gasteiger partial charge in [-0.1, -0.05) is 33.6 Å². The summed E-state index contributed by atoms with van der Waals surface area (Å²) in [5.41, 5.74) is 0.471. The van der Waals surface area contributed by atoms with E-state index in [4.69, 9.17) is 4.74 Å². The van der Waals surface area contributed by atoms with E-state index in [2.05, 4.69) is 39.9 Å². The first-order valence-corrected chi connectivity index (χ1v) is 8.21.